The Hall–Kier alpha value is -1.87. The molecule has 2 aromatic rings. The topological polar surface area (TPSA) is 26.3 Å². The molecule has 0 heterocycles. The van der Waals surface area contributed by atoms with Crippen molar-refractivity contribution in [1.82, 2.24) is 0 Å². The van der Waals surface area contributed by atoms with Crippen molar-refractivity contribution in [3.63, 3.8) is 0 Å². The van der Waals surface area contributed by atoms with E-state index in [1.807, 2.05) is 18.2 Å². The number of hydrogen-bond acceptors (Lipinski definition) is 2. The Morgan fingerprint density at radius 1 is 1.05 bits per heavy atom. The molecule has 104 valence electrons. The number of rotatable bonds is 3. The fraction of sp³-hybridized carbons (Fsp3) is 0.235. The highest BCUT2D eigenvalue weighted by Gasteiger charge is 2.23. The van der Waals surface area contributed by atoms with Crippen molar-refractivity contribution in [1.29, 1.82) is 0 Å². The van der Waals surface area contributed by atoms with Crippen molar-refractivity contribution in [2.45, 2.75) is 26.6 Å². The molecule has 0 aliphatic rings. The van der Waals surface area contributed by atoms with Gasteiger partial charge in [0.1, 0.15) is 8.07 Å². The third kappa shape index (κ3) is 3.58. The monoisotopic (exact) mass is 284 g/mol. The van der Waals surface area contributed by atoms with E-state index in [9.17, 15) is 4.79 Å². The summed E-state index contributed by atoms with van der Waals surface area (Å²) >= 11 is 0. The highest BCUT2D eigenvalue weighted by Crippen LogP contribution is 2.22. The summed E-state index contributed by atoms with van der Waals surface area (Å²) in [5.41, 5.74) is 1.07. The second-order valence-corrected chi connectivity index (χ2v) is 11.0. The minimum Gasteiger partial charge on any atom is -0.437 e. The lowest BCUT2D eigenvalue weighted by molar-refractivity contribution is -0.136. The summed E-state index contributed by atoms with van der Waals surface area (Å²) in [5, 5.41) is 3.23. The van der Waals surface area contributed by atoms with E-state index in [4.69, 9.17) is 4.74 Å². The normalized spacial score (nSPS) is 12.5. The molecule has 20 heavy (non-hydrogen) atoms. The van der Waals surface area contributed by atoms with Crippen LogP contribution in [0.15, 0.2) is 47.8 Å². The minimum absolute atomic E-state index is 0.250. The Bertz CT molecular complexity index is 666. The van der Waals surface area contributed by atoms with Gasteiger partial charge in [0.2, 0.25) is 0 Å². The van der Waals surface area contributed by atoms with E-state index in [0.717, 1.165) is 10.9 Å². The van der Waals surface area contributed by atoms with Gasteiger partial charge in [-0.25, -0.2) is 0 Å². The van der Waals surface area contributed by atoms with Gasteiger partial charge in [0.15, 0.2) is 0 Å². The van der Waals surface area contributed by atoms with Crippen molar-refractivity contribution in [3.8, 4) is 0 Å². The van der Waals surface area contributed by atoms with Gasteiger partial charge < -0.3 is 4.74 Å². The first-order valence-corrected chi connectivity index (χ1v) is 10.3. The molecule has 0 bridgehead atoms. The van der Waals surface area contributed by atoms with Gasteiger partial charge in [0.25, 0.3) is 0 Å². The molecule has 0 saturated carbocycles. The summed E-state index contributed by atoms with van der Waals surface area (Å²) in [6, 6.07) is 14.5. The standard InChI is InChI=1S/C17H20O2Si/c1-13(18)19-17(20(2,3)4)12-14-9-10-15-7-5-6-8-16(15)11-14/h5-12H,1-4H3/b17-12-. The summed E-state index contributed by atoms with van der Waals surface area (Å²) in [7, 11) is -1.68. The average molecular weight is 284 g/mol. The summed E-state index contributed by atoms with van der Waals surface area (Å²) < 4.78 is 5.41. The molecule has 0 atom stereocenters. The quantitative estimate of drug-likeness (QED) is 0.467. The molecule has 2 rings (SSSR count). The van der Waals surface area contributed by atoms with Crippen LogP contribution in [-0.2, 0) is 9.53 Å². The lowest BCUT2D eigenvalue weighted by atomic mass is 10.1. The average Bonchev–Trinajstić information content (AvgIpc) is 2.36. The van der Waals surface area contributed by atoms with Gasteiger partial charge in [-0.15, -0.1) is 0 Å². The second-order valence-electron chi connectivity index (χ2n) is 5.96. The molecule has 0 unspecified atom stereocenters. The van der Waals surface area contributed by atoms with Crippen LogP contribution >= 0.6 is 0 Å². The fourth-order valence-electron chi connectivity index (χ4n) is 2.00. The minimum atomic E-state index is -1.68. The van der Waals surface area contributed by atoms with Crippen LogP contribution in [0.5, 0.6) is 0 Å². The predicted octanol–water partition coefficient (Wildman–Crippen LogP) is 4.62. The Labute approximate surface area is 121 Å². The first-order chi connectivity index (χ1) is 9.36. The molecule has 2 nitrogen and oxygen atoms in total. The van der Waals surface area contributed by atoms with Gasteiger partial charge in [0, 0.05) is 6.92 Å². The lowest BCUT2D eigenvalue weighted by Crippen LogP contribution is -2.27. The number of carbonyl (C=O) groups is 1. The molecule has 0 N–H and O–H groups in total. The fourth-order valence-corrected chi connectivity index (χ4v) is 3.05. The van der Waals surface area contributed by atoms with Gasteiger partial charge in [-0.1, -0.05) is 56.0 Å². The second kappa shape index (κ2) is 5.63. The van der Waals surface area contributed by atoms with Crippen LogP contribution in [0.25, 0.3) is 16.8 Å². The summed E-state index contributed by atoms with van der Waals surface area (Å²) in [6.45, 7) is 7.96. The molecule has 0 aliphatic heterocycles. The van der Waals surface area contributed by atoms with Crippen molar-refractivity contribution in [2.75, 3.05) is 0 Å². The molecular weight excluding hydrogens is 264 g/mol. The van der Waals surface area contributed by atoms with Crippen LogP contribution in [0.3, 0.4) is 0 Å². The maximum Gasteiger partial charge on any atom is 0.307 e. The van der Waals surface area contributed by atoms with E-state index in [-0.39, 0.29) is 5.97 Å². The molecule has 0 amide bonds. The highest BCUT2D eigenvalue weighted by molar-refractivity contribution is 6.83. The number of ether oxygens (including phenoxy) is 1. The first-order valence-electron chi connectivity index (χ1n) is 6.76. The number of esters is 1. The zero-order chi connectivity index (χ0) is 14.8. The summed E-state index contributed by atoms with van der Waals surface area (Å²) in [6.07, 6.45) is 2.00. The maximum absolute atomic E-state index is 11.3. The first kappa shape index (κ1) is 14.5. The molecule has 0 aliphatic carbocycles. The predicted molar refractivity (Wildman–Crippen MR) is 87.0 cm³/mol. The number of fused-ring (bicyclic) bond motifs is 1. The van der Waals surface area contributed by atoms with E-state index in [1.165, 1.54) is 17.7 Å². The molecule has 0 aromatic heterocycles. The van der Waals surface area contributed by atoms with Gasteiger partial charge in [-0.2, -0.15) is 0 Å². The molecule has 0 fully saturated rings. The van der Waals surface area contributed by atoms with Gasteiger partial charge in [-0.05, 0) is 28.5 Å². The Balaban J connectivity index is 2.44. The van der Waals surface area contributed by atoms with Crippen molar-refractivity contribution >= 4 is 30.9 Å². The third-order valence-corrected chi connectivity index (χ3v) is 4.79. The van der Waals surface area contributed by atoms with E-state index >= 15 is 0 Å². The Morgan fingerprint density at radius 2 is 1.70 bits per heavy atom. The van der Waals surface area contributed by atoms with Gasteiger partial charge in [-0.3, -0.25) is 4.79 Å². The molecule has 3 heteroatoms. The number of hydrogen-bond donors (Lipinski definition) is 0. The van der Waals surface area contributed by atoms with E-state index < -0.39 is 8.07 Å². The Morgan fingerprint density at radius 3 is 2.30 bits per heavy atom. The largest absolute Gasteiger partial charge is 0.437 e. The van der Waals surface area contributed by atoms with Crippen LogP contribution in [0.4, 0.5) is 0 Å². The van der Waals surface area contributed by atoms with Crippen LogP contribution in [0.2, 0.25) is 19.6 Å². The zero-order valence-corrected chi connectivity index (χ0v) is 13.4. The van der Waals surface area contributed by atoms with Gasteiger partial charge >= 0.3 is 5.97 Å². The summed E-state index contributed by atoms with van der Waals surface area (Å²) in [5.74, 6) is -0.250. The Kier molecular flexibility index (Phi) is 4.09. The van der Waals surface area contributed by atoms with E-state index in [1.54, 1.807) is 0 Å². The zero-order valence-electron chi connectivity index (χ0n) is 12.4. The smallest absolute Gasteiger partial charge is 0.307 e. The molecular formula is C17H20O2Si. The maximum atomic E-state index is 11.3. The van der Waals surface area contributed by atoms with Crippen LogP contribution in [0.1, 0.15) is 12.5 Å². The van der Waals surface area contributed by atoms with Crippen LogP contribution in [-0.4, -0.2) is 14.0 Å². The molecule has 0 spiro atoms. The number of carbonyl (C=O) groups excluding carboxylic acids is 1. The van der Waals surface area contributed by atoms with Crippen molar-refractivity contribution in [3.05, 3.63) is 53.4 Å². The van der Waals surface area contributed by atoms with E-state index in [2.05, 4.69) is 50.0 Å². The van der Waals surface area contributed by atoms with E-state index in [0.29, 0.717) is 0 Å². The molecule has 0 saturated heterocycles. The van der Waals surface area contributed by atoms with Gasteiger partial charge in [0.05, 0.1) is 5.38 Å². The third-order valence-electron chi connectivity index (χ3n) is 3.06. The van der Waals surface area contributed by atoms with Crippen molar-refractivity contribution in [2.24, 2.45) is 0 Å². The lowest BCUT2D eigenvalue weighted by Gasteiger charge is -2.19. The van der Waals surface area contributed by atoms with Crippen LogP contribution < -0.4 is 0 Å². The number of benzene rings is 2. The highest BCUT2D eigenvalue weighted by atomic mass is 28.3. The SMILES string of the molecule is CC(=O)O/C(=C/c1ccc2ccccc2c1)[Si](C)(C)C. The van der Waals surface area contributed by atoms with Crippen molar-refractivity contribution < 1.29 is 9.53 Å². The summed E-state index contributed by atoms with van der Waals surface area (Å²) in [4.78, 5) is 11.3. The molecule has 0 radical (unpaired) electrons. The molecule has 2 aromatic carbocycles. The van der Waals surface area contributed by atoms with Crippen LogP contribution in [0, 0.1) is 0 Å².